The van der Waals surface area contributed by atoms with Crippen LogP contribution in [0.1, 0.15) is 31.2 Å². The van der Waals surface area contributed by atoms with Crippen molar-refractivity contribution in [2.24, 2.45) is 11.3 Å². The van der Waals surface area contributed by atoms with Crippen LogP contribution in [0.2, 0.25) is 0 Å². The first-order chi connectivity index (χ1) is 9.22. The first kappa shape index (κ1) is 15.3. The number of anilines is 1. The van der Waals surface area contributed by atoms with E-state index in [-0.39, 0.29) is 23.7 Å². The van der Waals surface area contributed by atoms with E-state index in [9.17, 15) is 4.79 Å². The van der Waals surface area contributed by atoms with E-state index in [4.69, 9.17) is 0 Å². The number of carbonyl (C=O) groups excluding carboxylic acids is 1. The summed E-state index contributed by atoms with van der Waals surface area (Å²) in [7, 11) is 0. The van der Waals surface area contributed by atoms with E-state index in [1.165, 1.54) is 19.3 Å². The zero-order valence-electron chi connectivity index (χ0n) is 11.9. The molecule has 110 valence electrons. The van der Waals surface area contributed by atoms with Crippen LogP contribution in [-0.2, 0) is 4.79 Å². The molecule has 0 bridgehead atoms. The van der Waals surface area contributed by atoms with Crippen LogP contribution in [0.4, 0.5) is 5.69 Å². The number of hydrogen-bond donors (Lipinski definition) is 2. The van der Waals surface area contributed by atoms with Crippen molar-refractivity contribution < 1.29 is 4.79 Å². The average Bonchev–Trinajstić information content (AvgIpc) is 2.86. The Bertz CT molecular complexity index is 491. The van der Waals surface area contributed by atoms with Crippen LogP contribution in [0.5, 0.6) is 0 Å². The second-order valence-electron chi connectivity index (χ2n) is 6.00. The van der Waals surface area contributed by atoms with E-state index < -0.39 is 0 Å². The smallest absolute Gasteiger partial charge is 0.232 e. The lowest BCUT2D eigenvalue weighted by Crippen LogP contribution is -2.44. The molecule has 3 rings (SSSR count). The Morgan fingerprint density at radius 1 is 1.35 bits per heavy atom. The molecule has 1 saturated carbocycles. The number of aryl methyl sites for hydroxylation is 1. The van der Waals surface area contributed by atoms with Crippen LogP contribution in [-0.4, -0.2) is 19.0 Å². The number of rotatable bonds is 2. The van der Waals surface area contributed by atoms with Crippen molar-refractivity contribution in [2.75, 3.05) is 18.4 Å². The van der Waals surface area contributed by atoms with Gasteiger partial charge in [-0.25, -0.2) is 0 Å². The maximum absolute atomic E-state index is 12.8. The summed E-state index contributed by atoms with van der Waals surface area (Å²) in [6.07, 6.45) is 4.67. The van der Waals surface area contributed by atoms with Gasteiger partial charge in [0.1, 0.15) is 0 Å². The lowest BCUT2D eigenvalue weighted by atomic mass is 9.67. The number of halogens is 1. The second-order valence-corrected chi connectivity index (χ2v) is 6.00. The molecular weight excluding hydrogens is 272 g/mol. The Morgan fingerprint density at radius 3 is 2.95 bits per heavy atom. The summed E-state index contributed by atoms with van der Waals surface area (Å²) in [6.45, 7) is 3.88. The van der Waals surface area contributed by atoms with Crippen molar-refractivity contribution in [3.63, 3.8) is 0 Å². The molecule has 1 amide bonds. The molecule has 1 aromatic rings. The number of carbonyl (C=O) groups is 1. The predicted octanol–water partition coefficient (Wildman–Crippen LogP) is 3.14. The lowest BCUT2D eigenvalue weighted by molar-refractivity contribution is -0.128. The van der Waals surface area contributed by atoms with Crippen LogP contribution in [0.25, 0.3) is 0 Å². The zero-order valence-corrected chi connectivity index (χ0v) is 12.8. The molecule has 0 radical (unpaired) electrons. The Morgan fingerprint density at radius 2 is 2.15 bits per heavy atom. The monoisotopic (exact) mass is 294 g/mol. The molecule has 1 aliphatic carbocycles. The van der Waals surface area contributed by atoms with Gasteiger partial charge in [0.2, 0.25) is 5.91 Å². The van der Waals surface area contributed by atoms with Gasteiger partial charge in [-0.05, 0) is 43.9 Å². The van der Waals surface area contributed by atoms with Crippen molar-refractivity contribution in [3.05, 3.63) is 29.8 Å². The average molecular weight is 295 g/mol. The van der Waals surface area contributed by atoms with Crippen molar-refractivity contribution in [2.45, 2.75) is 32.6 Å². The van der Waals surface area contributed by atoms with Crippen molar-refractivity contribution >= 4 is 24.0 Å². The molecule has 1 aromatic carbocycles. The molecule has 0 unspecified atom stereocenters. The minimum atomic E-state index is -0.166. The summed E-state index contributed by atoms with van der Waals surface area (Å²) in [5, 5.41) is 6.59. The van der Waals surface area contributed by atoms with Gasteiger partial charge in [0.15, 0.2) is 0 Å². The van der Waals surface area contributed by atoms with Crippen molar-refractivity contribution in [1.29, 1.82) is 0 Å². The fourth-order valence-corrected chi connectivity index (χ4v) is 3.65. The van der Waals surface area contributed by atoms with Crippen LogP contribution in [0.15, 0.2) is 24.3 Å². The van der Waals surface area contributed by atoms with E-state index in [1.807, 2.05) is 31.2 Å². The molecule has 20 heavy (non-hydrogen) atoms. The third-order valence-corrected chi connectivity index (χ3v) is 4.88. The zero-order chi connectivity index (χ0) is 13.3. The van der Waals surface area contributed by atoms with E-state index in [0.717, 1.165) is 30.8 Å². The van der Waals surface area contributed by atoms with Crippen LogP contribution in [0, 0.1) is 18.3 Å². The lowest BCUT2D eigenvalue weighted by Gasteiger charge is -2.37. The normalized spacial score (nSPS) is 28.4. The molecule has 3 nitrogen and oxygen atoms in total. The van der Waals surface area contributed by atoms with Gasteiger partial charge in [0, 0.05) is 12.2 Å². The first-order valence-electron chi connectivity index (χ1n) is 7.30. The molecule has 2 aliphatic rings. The molecular formula is C16H23ClN2O. The first-order valence-corrected chi connectivity index (χ1v) is 7.30. The van der Waals surface area contributed by atoms with Gasteiger partial charge < -0.3 is 10.6 Å². The number of benzene rings is 1. The third-order valence-electron chi connectivity index (χ3n) is 4.88. The highest BCUT2D eigenvalue weighted by Crippen LogP contribution is 2.44. The predicted molar refractivity (Wildman–Crippen MR) is 84.3 cm³/mol. The summed E-state index contributed by atoms with van der Waals surface area (Å²) >= 11 is 0. The SMILES string of the molecule is Cc1ccccc1NC(=O)[C@@]12CCCC[C@H]1CNC2.Cl. The molecule has 0 spiro atoms. The highest BCUT2D eigenvalue weighted by atomic mass is 35.5. The Balaban J connectivity index is 0.00000147. The number of para-hydroxylation sites is 1. The molecule has 2 N–H and O–H groups in total. The summed E-state index contributed by atoms with van der Waals surface area (Å²) in [4.78, 5) is 12.8. The van der Waals surface area contributed by atoms with Crippen LogP contribution >= 0.6 is 12.4 Å². The van der Waals surface area contributed by atoms with Gasteiger partial charge in [-0.1, -0.05) is 31.0 Å². The highest BCUT2D eigenvalue weighted by molar-refractivity contribution is 5.96. The van der Waals surface area contributed by atoms with E-state index in [1.54, 1.807) is 0 Å². The highest BCUT2D eigenvalue weighted by Gasteiger charge is 2.49. The van der Waals surface area contributed by atoms with Gasteiger partial charge in [-0.2, -0.15) is 0 Å². The summed E-state index contributed by atoms with van der Waals surface area (Å²) < 4.78 is 0. The molecule has 1 aliphatic heterocycles. The minimum Gasteiger partial charge on any atom is -0.325 e. The molecule has 0 aromatic heterocycles. The van der Waals surface area contributed by atoms with E-state index >= 15 is 0 Å². The molecule has 4 heteroatoms. The third kappa shape index (κ3) is 2.57. The minimum absolute atomic E-state index is 0. The number of nitrogens with one attached hydrogen (secondary N) is 2. The quantitative estimate of drug-likeness (QED) is 0.880. The molecule has 1 saturated heterocycles. The Labute approximate surface area is 126 Å². The van der Waals surface area contributed by atoms with Gasteiger partial charge >= 0.3 is 0 Å². The van der Waals surface area contributed by atoms with Gasteiger partial charge in [0.25, 0.3) is 0 Å². The molecule has 1 heterocycles. The van der Waals surface area contributed by atoms with Gasteiger partial charge in [0.05, 0.1) is 5.41 Å². The fraction of sp³-hybridized carbons (Fsp3) is 0.562. The molecule has 2 fully saturated rings. The fourth-order valence-electron chi connectivity index (χ4n) is 3.65. The van der Waals surface area contributed by atoms with Gasteiger partial charge in [-0.3, -0.25) is 4.79 Å². The van der Waals surface area contributed by atoms with Gasteiger partial charge in [-0.15, -0.1) is 12.4 Å². The summed E-state index contributed by atoms with van der Waals surface area (Å²) in [5.41, 5.74) is 1.92. The van der Waals surface area contributed by atoms with Crippen molar-refractivity contribution in [3.8, 4) is 0 Å². The van der Waals surface area contributed by atoms with Crippen molar-refractivity contribution in [1.82, 2.24) is 5.32 Å². The number of fused-ring (bicyclic) bond motifs is 1. The summed E-state index contributed by atoms with van der Waals surface area (Å²) in [6, 6.07) is 8.01. The van der Waals surface area contributed by atoms with E-state index in [2.05, 4.69) is 10.6 Å². The largest absolute Gasteiger partial charge is 0.325 e. The molecule has 2 atom stereocenters. The topological polar surface area (TPSA) is 41.1 Å². The maximum Gasteiger partial charge on any atom is 0.232 e. The second kappa shape index (κ2) is 6.15. The summed E-state index contributed by atoms with van der Waals surface area (Å²) in [5.74, 6) is 0.738. The maximum atomic E-state index is 12.8. The number of hydrogen-bond acceptors (Lipinski definition) is 2. The van der Waals surface area contributed by atoms with Crippen LogP contribution < -0.4 is 10.6 Å². The van der Waals surface area contributed by atoms with Crippen LogP contribution in [0.3, 0.4) is 0 Å². The van der Waals surface area contributed by atoms with E-state index in [0.29, 0.717) is 5.92 Å². The Kier molecular flexibility index (Phi) is 4.71. The number of amides is 1. The Hall–Kier alpha value is -1.06. The standard InChI is InChI=1S/C16H22N2O.ClH/c1-12-6-2-3-8-14(12)18-15(19)16-9-5-4-7-13(16)10-17-11-16;/h2-3,6,8,13,17H,4-5,7,9-11H2,1H3,(H,18,19);1H/t13-,16+;/m0./s1.